The first-order valence-corrected chi connectivity index (χ1v) is 6.79. The van der Waals surface area contributed by atoms with Gasteiger partial charge in [-0.15, -0.1) is 0 Å². The van der Waals surface area contributed by atoms with E-state index in [1.54, 1.807) is 6.92 Å². The largest absolute Gasteiger partial charge is 0.295 e. The number of benzene rings is 1. The van der Waals surface area contributed by atoms with Crippen molar-refractivity contribution >= 4 is 5.78 Å². The Hall–Kier alpha value is -1.11. The van der Waals surface area contributed by atoms with E-state index in [0.717, 1.165) is 11.5 Å². The fourth-order valence-electron chi connectivity index (χ4n) is 2.95. The van der Waals surface area contributed by atoms with E-state index in [9.17, 15) is 4.79 Å². The molecule has 1 atom stereocenters. The lowest BCUT2D eigenvalue weighted by Gasteiger charge is -2.28. The molecule has 0 amide bonds. The number of carbonyl (C=O) groups is 1. The van der Waals surface area contributed by atoms with Gasteiger partial charge < -0.3 is 0 Å². The summed E-state index contributed by atoms with van der Waals surface area (Å²) in [6, 6.07) is 8.19. The Labute approximate surface area is 104 Å². The topological polar surface area (TPSA) is 17.1 Å². The Kier molecular flexibility index (Phi) is 3.98. The molecule has 0 spiro atoms. The minimum atomic E-state index is 0.169. The predicted molar refractivity (Wildman–Crippen MR) is 71.4 cm³/mol. The molecule has 0 aromatic heterocycles. The predicted octanol–water partition coefficient (Wildman–Crippen LogP) is 4.57. The molecular weight excluding hydrogens is 208 g/mol. The van der Waals surface area contributed by atoms with E-state index in [0.29, 0.717) is 5.92 Å². The Morgan fingerprint density at radius 2 is 1.94 bits per heavy atom. The number of carbonyl (C=O) groups excluding carboxylic acids is 1. The summed E-state index contributed by atoms with van der Waals surface area (Å²) in [5.74, 6) is 1.57. The van der Waals surface area contributed by atoms with Gasteiger partial charge in [0.05, 0.1) is 0 Å². The minimum Gasteiger partial charge on any atom is -0.295 e. The lowest BCUT2D eigenvalue weighted by molar-refractivity contribution is 0.101. The molecule has 1 aromatic rings. The lowest BCUT2D eigenvalue weighted by atomic mass is 9.77. The highest BCUT2D eigenvalue weighted by atomic mass is 16.1. The molecule has 0 saturated heterocycles. The Bertz CT molecular complexity index is 388. The van der Waals surface area contributed by atoms with Crippen molar-refractivity contribution < 1.29 is 4.79 Å². The monoisotopic (exact) mass is 230 g/mol. The van der Waals surface area contributed by atoms with Crippen molar-refractivity contribution in [1.29, 1.82) is 0 Å². The van der Waals surface area contributed by atoms with Gasteiger partial charge in [0.1, 0.15) is 0 Å². The van der Waals surface area contributed by atoms with Gasteiger partial charge in [0, 0.05) is 5.56 Å². The van der Waals surface area contributed by atoms with Gasteiger partial charge in [0.15, 0.2) is 5.78 Å². The van der Waals surface area contributed by atoms with Crippen molar-refractivity contribution in [3.8, 4) is 0 Å². The van der Waals surface area contributed by atoms with Crippen LogP contribution in [0.15, 0.2) is 24.3 Å². The van der Waals surface area contributed by atoms with E-state index in [4.69, 9.17) is 0 Å². The molecule has 0 bridgehead atoms. The summed E-state index contributed by atoms with van der Waals surface area (Å²) in [4.78, 5) is 11.4. The van der Waals surface area contributed by atoms with Crippen LogP contribution in [0.4, 0.5) is 0 Å². The van der Waals surface area contributed by atoms with Gasteiger partial charge in [-0.25, -0.2) is 0 Å². The zero-order chi connectivity index (χ0) is 12.3. The number of hydrogen-bond donors (Lipinski definition) is 0. The number of Topliss-reactive ketones (excluding diaryl/α,β-unsaturated/α-hetero) is 1. The van der Waals surface area contributed by atoms with Crippen LogP contribution in [-0.4, -0.2) is 5.78 Å². The molecule has 92 valence electrons. The third-order valence-corrected chi connectivity index (χ3v) is 4.18. The standard InChI is InChI=1S/C16H22O/c1-12(14-7-4-3-5-8-14)15-9-6-10-16(11-15)13(2)17/h6,9-12,14H,3-5,7-8H2,1-2H3. The summed E-state index contributed by atoms with van der Waals surface area (Å²) in [7, 11) is 0. The average molecular weight is 230 g/mol. The maximum absolute atomic E-state index is 11.4. The number of rotatable bonds is 3. The second-order valence-corrected chi connectivity index (χ2v) is 5.37. The van der Waals surface area contributed by atoms with Gasteiger partial charge >= 0.3 is 0 Å². The Balaban J connectivity index is 2.14. The number of ketones is 1. The fourth-order valence-corrected chi connectivity index (χ4v) is 2.95. The third-order valence-electron chi connectivity index (χ3n) is 4.18. The van der Waals surface area contributed by atoms with Crippen LogP contribution >= 0.6 is 0 Å². The van der Waals surface area contributed by atoms with Crippen molar-refractivity contribution in [3.63, 3.8) is 0 Å². The Morgan fingerprint density at radius 1 is 1.24 bits per heavy atom. The van der Waals surface area contributed by atoms with E-state index in [2.05, 4.69) is 19.1 Å². The van der Waals surface area contributed by atoms with Gasteiger partial charge in [-0.2, -0.15) is 0 Å². The van der Waals surface area contributed by atoms with Crippen molar-refractivity contribution in [2.45, 2.75) is 51.9 Å². The van der Waals surface area contributed by atoms with Gasteiger partial charge in [0.25, 0.3) is 0 Å². The highest BCUT2D eigenvalue weighted by Gasteiger charge is 2.21. The van der Waals surface area contributed by atoms with Crippen LogP contribution in [0.2, 0.25) is 0 Å². The molecule has 2 rings (SSSR count). The molecule has 1 aromatic carbocycles. The molecule has 1 heteroatoms. The van der Waals surface area contributed by atoms with E-state index in [1.807, 2.05) is 12.1 Å². The quantitative estimate of drug-likeness (QED) is 0.695. The maximum atomic E-state index is 11.4. The Morgan fingerprint density at radius 3 is 2.59 bits per heavy atom. The summed E-state index contributed by atoms with van der Waals surface area (Å²) < 4.78 is 0. The molecule has 1 saturated carbocycles. The SMILES string of the molecule is CC(=O)c1cccc(C(C)C2CCCCC2)c1. The van der Waals surface area contributed by atoms with Crippen LogP contribution in [-0.2, 0) is 0 Å². The molecule has 1 fully saturated rings. The van der Waals surface area contributed by atoms with Crippen molar-refractivity contribution in [2.24, 2.45) is 5.92 Å². The summed E-state index contributed by atoms with van der Waals surface area (Å²) in [6.07, 6.45) is 6.86. The summed E-state index contributed by atoms with van der Waals surface area (Å²) in [5, 5.41) is 0. The van der Waals surface area contributed by atoms with Crippen molar-refractivity contribution in [1.82, 2.24) is 0 Å². The summed E-state index contributed by atoms with van der Waals surface area (Å²) in [5.41, 5.74) is 2.19. The number of hydrogen-bond acceptors (Lipinski definition) is 1. The molecular formula is C16H22O. The molecule has 0 radical (unpaired) electrons. The molecule has 1 nitrogen and oxygen atoms in total. The molecule has 0 N–H and O–H groups in total. The second kappa shape index (κ2) is 5.48. The maximum Gasteiger partial charge on any atom is 0.159 e. The highest BCUT2D eigenvalue weighted by Crippen LogP contribution is 2.35. The van der Waals surface area contributed by atoms with Gasteiger partial charge in [0.2, 0.25) is 0 Å². The molecule has 1 aliphatic rings. The van der Waals surface area contributed by atoms with Crippen LogP contribution in [0.5, 0.6) is 0 Å². The van der Waals surface area contributed by atoms with E-state index >= 15 is 0 Å². The van der Waals surface area contributed by atoms with Crippen LogP contribution in [0.3, 0.4) is 0 Å². The highest BCUT2D eigenvalue weighted by molar-refractivity contribution is 5.94. The molecule has 0 heterocycles. The van der Waals surface area contributed by atoms with Crippen LogP contribution in [0.25, 0.3) is 0 Å². The second-order valence-electron chi connectivity index (χ2n) is 5.37. The normalized spacial score (nSPS) is 18.9. The van der Waals surface area contributed by atoms with Crippen molar-refractivity contribution in [3.05, 3.63) is 35.4 Å². The average Bonchev–Trinajstić information content (AvgIpc) is 2.39. The smallest absolute Gasteiger partial charge is 0.159 e. The summed E-state index contributed by atoms with van der Waals surface area (Å²) in [6.45, 7) is 3.96. The van der Waals surface area contributed by atoms with E-state index in [1.165, 1.54) is 37.7 Å². The summed E-state index contributed by atoms with van der Waals surface area (Å²) >= 11 is 0. The van der Waals surface area contributed by atoms with Crippen LogP contribution < -0.4 is 0 Å². The van der Waals surface area contributed by atoms with Gasteiger partial charge in [-0.05, 0) is 43.2 Å². The van der Waals surface area contributed by atoms with E-state index in [-0.39, 0.29) is 5.78 Å². The van der Waals surface area contributed by atoms with Gasteiger partial charge in [-0.1, -0.05) is 44.4 Å². The zero-order valence-electron chi connectivity index (χ0n) is 10.9. The molecule has 1 unspecified atom stereocenters. The first kappa shape index (κ1) is 12.3. The molecule has 0 aliphatic heterocycles. The van der Waals surface area contributed by atoms with Gasteiger partial charge in [-0.3, -0.25) is 4.79 Å². The first-order chi connectivity index (χ1) is 8.18. The first-order valence-electron chi connectivity index (χ1n) is 6.79. The zero-order valence-corrected chi connectivity index (χ0v) is 10.9. The fraction of sp³-hybridized carbons (Fsp3) is 0.562. The van der Waals surface area contributed by atoms with Crippen LogP contribution in [0.1, 0.15) is 67.8 Å². The minimum absolute atomic E-state index is 0.169. The third kappa shape index (κ3) is 2.96. The molecule has 17 heavy (non-hydrogen) atoms. The van der Waals surface area contributed by atoms with E-state index < -0.39 is 0 Å². The van der Waals surface area contributed by atoms with Crippen LogP contribution in [0, 0.1) is 5.92 Å². The molecule has 1 aliphatic carbocycles. The lowest BCUT2D eigenvalue weighted by Crippen LogP contribution is -2.14. The van der Waals surface area contributed by atoms with Crippen molar-refractivity contribution in [2.75, 3.05) is 0 Å².